The molecule has 41 heavy (non-hydrogen) atoms. The van der Waals surface area contributed by atoms with Crippen LogP contribution in [-0.4, -0.2) is 57.8 Å². The van der Waals surface area contributed by atoms with Gasteiger partial charge in [0.15, 0.2) is 0 Å². The Morgan fingerprint density at radius 3 is 2.07 bits per heavy atom. The number of esters is 2. The van der Waals surface area contributed by atoms with Gasteiger partial charge in [0.2, 0.25) is 0 Å². The van der Waals surface area contributed by atoms with Gasteiger partial charge in [0.05, 0.1) is 23.4 Å². The summed E-state index contributed by atoms with van der Waals surface area (Å²) in [6.45, 7) is 20.4. The largest absolute Gasteiger partial charge is 0.462 e. The van der Waals surface area contributed by atoms with Crippen molar-refractivity contribution in [3.05, 3.63) is 0 Å². The number of ether oxygens (including phenoxy) is 3. The van der Waals surface area contributed by atoms with Gasteiger partial charge in [-0.1, -0.05) is 34.6 Å². The van der Waals surface area contributed by atoms with Crippen LogP contribution in [0.3, 0.4) is 0 Å². The lowest BCUT2D eigenvalue weighted by Crippen LogP contribution is -2.66. The fourth-order valence-corrected chi connectivity index (χ4v) is 11.8. The van der Waals surface area contributed by atoms with Crippen LogP contribution < -0.4 is 0 Å². The fourth-order valence-electron chi connectivity index (χ4n) is 11.8. The summed E-state index contributed by atoms with van der Waals surface area (Å²) in [4.78, 5) is 24.5. The predicted octanol–water partition coefficient (Wildman–Crippen LogP) is 5.82. The van der Waals surface area contributed by atoms with Crippen LogP contribution >= 0.6 is 0 Å². The monoisotopic (exact) mass is 576 g/mol. The topological polar surface area (TPSA) is 102 Å². The standard InChI is InChI=1S/C34H56O7/c1-19(35)39-23-17-24-31(7,21-11-12-25(40-20(2)36)29(3,4)27(21)23)15-16-32(8)28(22(37)18-33(24,32)9)34(10)14-13-26(41-34)30(5,6)38/h21-28,37-38H,11-18H2,1-10H3/t21?,22-,23-,24+,25-,26-,27-,28-,31-,32+,33-,34+/m0/s1. The van der Waals surface area contributed by atoms with Gasteiger partial charge in [0.25, 0.3) is 0 Å². The first kappa shape index (κ1) is 31.3. The van der Waals surface area contributed by atoms with E-state index in [1.165, 1.54) is 13.8 Å². The second kappa shape index (κ2) is 9.66. The van der Waals surface area contributed by atoms with Crippen molar-refractivity contribution >= 4 is 11.9 Å². The van der Waals surface area contributed by atoms with Crippen LogP contribution in [0.25, 0.3) is 0 Å². The Hall–Kier alpha value is -1.18. The van der Waals surface area contributed by atoms with Crippen molar-refractivity contribution in [3.8, 4) is 0 Å². The van der Waals surface area contributed by atoms with E-state index in [0.717, 1.165) is 44.9 Å². The molecule has 0 aromatic carbocycles. The molecule has 5 rings (SSSR count). The number of carbonyl (C=O) groups excluding carboxylic acids is 2. The summed E-state index contributed by atoms with van der Waals surface area (Å²) in [6.07, 6.45) is 5.63. The molecule has 7 heteroatoms. The van der Waals surface area contributed by atoms with Crippen molar-refractivity contribution < 1.29 is 34.0 Å². The highest BCUT2D eigenvalue weighted by molar-refractivity contribution is 5.66. The van der Waals surface area contributed by atoms with E-state index < -0.39 is 17.3 Å². The molecule has 0 spiro atoms. The van der Waals surface area contributed by atoms with Crippen LogP contribution in [0.15, 0.2) is 0 Å². The molecular weight excluding hydrogens is 520 g/mol. The molecule has 0 amide bonds. The molecule has 1 saturated heterocycles. The van der Waals surface area contributed by atoms with E-state index in [2.05, 4.69) is 41.5 Å². The summed E-state index contributed by atoms with van der Waals surface area (Å²) in [5.41, 5.74) is -2.11. The Morgan fingerprint density at radius 2 is 1.51 bits per heavy atom. The molecule has 0 aromatic rings. The maximum atomic E-state index is 12.5. The first-order chi connectivity index (χ1) is 18.7. The van der Waals surface area contributed by atoms with Crippen molar-refractivity contribution in [1.29, 1.82) is 0 Å². The maximum absolute atomic E-state index is 12.5. The zero-order valence-corrected chi connectivity index (χ0v) is 27.2. The first-order valence-corrected chi connectivity index (χ1v) is 16.1. The third-order valence-electron chi connectivity index (χ3n) is 13.7. The minimum Gasteiger partial charge on any atom is -0.462 e. The van der Waals surface area contributed by atoms with E-state index in [1.54, 1.807) is 0 Å². The summed E-state index contributed by atoms with van der Waals surface area (Å²) in [6, 6.07) is 0. The van der Waals surface area contributed by atoms with Gasteiger partial charge in [-0.3, -0.25) is 9.59 Å². The number of fused-ring (bicyclic) bond motifs is 5. The molecule has 7 nitrogen and oxygen atoms in total. The summed E-state index contributed by atoms with van der Waals surface area (Å²) in [5, 5.41) is 22.7. The van der Waals surface area contributed by atoms with Crippen LogP contribution in [0.2, 0.25) is 0 Å². The highest BCUT2D eigenvalue weighted by Crippen LogP contribution is 2.76. The Kier molecular flexibility index (Phi) is 7.36. The Balaban J connectivity index is 1.53. The van der Waals surface area contributed by atoms with E-state index in [9.17, 15) is 19.8 Å². The van der Waals surface area contributed by atoms with Gasteiger partial charge in [0.1, 0.15) is 12.2 Å². The van der Waals surface area contributed by atoms with Crippen LogP contribution in [-0.2, 0) is 23.8 Å². The van der Waals surface area contributed by atoms with Crippen molar-refractivity contribution in [2.24, 2.45) is 45.3 Å². The van der Waals surface area contributed by atoms with Gasteiger partial charge >= 0.3 is 11.9 Å². The smallest absolute Gasteiger partial charge is 0.302 e. The fraction of sp³-hybridized carbons (Fsp3) is 0.941. The van der Waals surface area contributed by atoms with E-state index >= 15 is 0 Å². The second-order valence-electron chi connectivity index (χ2n) is 16.8. The van der Waals surface area contributed by atoms with Crippen LogP contribution in [0, 0.1) is 45.3 Å². The average Bonchev–Trinajstić information content (AvgIpc) is 3.31. The number of carbonyl (C=O) groups is 2. The summed E-state index contributed by atoms with van der Waals surface area (Å²) in [5.74, 6) is 0.104. The van der Waals surface area contributed by atoms with Crippen molar-refractivity contribution in [2.75, 3.05) is 0 Å². The molecule has 1 aliphatic heterocycles. The van der Waals surface area contributed by atoms with Gasteiger partial charge in [-0.05, 0) is 100 Å². The molecular formula is C34H56O7. The molecule has 4 saturated carbocycles. The normalized spacial score (nSPS) is 50.8. The summed E-state index contributed by atoms with van der Waals surface area (Å²) in [7, 11) is 0. The third-order valence-corrected chi connectivity index (χ3v) is 13.7. The van der Waals surface area contributed by atoms with Gasteiger partial charge in [0, 0.05) is 31.1 Å². The Bertz CT molecular complexity index is 1060. The maximum Gasteiger partial charge on any atom is 0.302 e. The number of hydrogen-bond acceptors (Lipinski definition) is 7. The number of aliphatic hydroxyl groups excluding tert-OH is 1. The average molecular weight is 577 g/mol. The lowest BCUT2D eigenvalue weighted by molar-refractivity contribution is -0.249. The second-order valence-corrected chi connectivity index (χ2v) is 16.8. The van der Waals surface area contributed by atoms with Crippen molar-refractivity contribution in [3.63, 3.8) is 0 Å². The molecule has 5 fully saturated rings. The molecule has 2 N–H and O–H groups in total. The molecule has 1 unspecified atom stereocenters. The highest BCUT2D eigenvalue weighted by atomic mass is 16.6. The highest BCUT2D eigenvalue weighted by Gasteiger charge is 2.74. The molecule has 0 bridgehead atoms. The number of aliphatic hydroxyl groups is 2. The number of rotatable bonds is 4. The minimum atomic E-state index is -0.927. The predicted molar refractivity (Wildman–Crippen MR) is 156 cm³/mol. The molecule has 234 valence electrons. The summed E-state index contributed by atoms with van der Waals surface area (Å²) >= 11 is 0. The van der Waals surface area contributed by atoms with Crippen LogP contribution in [0.4, 0.5) is 0 Å². The lowest BCUT2D eigenvalue weighted by atomic mass is 9.36. The quantitative estimate of drug-likeness (QED) is 0.406. The van der Waals surface area contributed by atoms with E-state index in [4.69, 9.17) is 14.2 Å². The van der Waals surface area contributed by atoms with E-state index in [-0.39, 0.29) is 69.7 Å². The number of hydrogen-bond donors (Lipinski definition) is 2. The van der Waals surface area contributed by atoms with Gasteiger partial charge < -0.3 is 24.4 Å². The van der Waals surface area contributed by atoms with Gasteiger partial charge in [-0.25, -0.2) is 0 Å². The van der Waals surface area contributed by atoms with Crippen LogP contribution in [0.5, 0.6) is 0 Å². The van der Waals surface area contributed by atoms with Gasteiger partial charge in [-0.15, -0.1) is 0 Å². The third kappa shape index (κ3) is 4.53. The van der Waals surface area contributed by atoms with Crippen molar-refractivity contribution in [2.45, 2.75) is 156 Å². The molecule has 0 aromatic heterocycles. The lowest BCUT2D eigenvalue weighted by Gasteiger charge is -2.69. The first-order valence-electron chi connectivity index (χ1n) is 16.1. The SMILES string of the molecule is CC(=O)O[C@H]1C[C@@H]2[C@@](C)(CC[C@]3(C)[C@@H]([C@@]4(C)CC[C@@H](C(C)(C)O)O4)[C@@H](O)C[C@@]23C)C2CC[C@H](OC(C)=O)C(C)(C)[C@@H]21. The zero-order valence-electron chi connectivity index (χ0n) is 27.2. The summed E-state index contributed by atoms with van der Waals surface area (Å²) < 4.78 is 18.8. The van der Waals surface area contributed by atoms with Gasteiger partial charge in [-0.2, -0.15) is 0 Å². The Labute approximate surface area is 247 Å². The zero-order chi connectivity index (χ0) is 30.6. The van der Waals surface area contributed by atoms with Crippen molar-refractivity contribution in [1.82, 2.24) is 0 Å². The molecule has 0 radical (unpaired) electrons. The molecule has 12 atom stereocenters. The minimum absolute atomic E-state index is 0.00964. The van der Waals surface area contributed by atoms with Crippen LogP contribution in [0.1, 0.15) is 121 Å². The van der Waals surface area contributed by atoms with E-state index in [0.29, 0.717) is 12.3 Å². The van der Waals surface area contributed by atoms with E-state index in [1.807, 2.05) is 13.8 Å². The molecule has 1 heterocycles. The molecule has 5 aliphatic rings. The molecule has 4 aliphatic carbocycles. The Morgan fingerprint density at radius 1 is 0.878 bits per heavy atom.